The first-order valence-electron chi connectivity index (χ1n) is 5.45. The quantitative estimate of drug-likeness (QED) is 0.514. The van der Waals surface area contributed by atoms with Gasteiger partial charge in [0.05, 0.1) is 12.2 Å². The lowest BCUT2D eigenvalue weighted by Crippen LogP contribution is -2.15. The summed E-state index contributed by atoms with van der Waals surface area (Å²) in [6, 6.07) is 0. The molecule has 0 aromatic carbocycles. The Balaban J connectivity index is 3.96. The van der Waals surface area contributed by atoms with E-state index in [0.717, 1.165) is 0 Å². The third kappa shape index (κ3) is 11.1. The molecule has 17 heavy (non-hydrogen) atoms. The molecule has 0 saturated heterocycles. The zero-order valence-electron chi connectivity index (χ0n) is 9.80. The van der Waals surface area contributed by atoms with Gasteiger partial charge in [-0.05, 0) is 39.2 Å². The molecule has 0 spiro atoms. The van der Waals surface area contributed by atoms with Crippen molar-refractivity contribution in [2.45, 2.75) is 44.8 Å². The third-order valence-corrected chi connectivity index (χ3v) is 3.33. The van der Waals surface area contributed by atoms with E-state index in [0.29, 0.717) is 32.2 Å². The smallest absolute Gasteiger partial charge is 0.316 e. The summed E-state index contributed by atoms with van der Waals surface area (Å²) in [7, 11) is -5.91. The summed E-state index contributed by atoms with van der Waals surface area (Å²) in [5.41, 5.74) is 5.35. The van der Waals surface area contributed by atoms with Crippen molar-refractivity contribution in [1.82, 2.24) is 0 Å². The van der Waals surface area contributed by atoms with Crippen molar-refractivity contribution in [2.24, 2.45) is 5.73 Å². The van der Waals surface area contributed by atoms with Crippen LogP contribution in [0.15, 0.2) is 0 Å². The molecule has 0 aromatic heterocycles. The van der Waals surface area contributed by atoms with Crippen molar-refractivity contribution in [2.75, 3.05) is 6.54 Å². The van der Waals surface area contributed by atoms with Gasteiger partial charge in [0.2, 0.25) is 0 Å². The summed E-state index contributed by atoms with van der Waals surface area (Å²) in [4.78, 5) is 17.3. The van der Waals surface area contributed by atoms with Gasteiger partial charge in [-0.3, -0.25) is 9.13 Å². The van der Waals surface area contributed by atoms with Crippen LogP contribution in [0.3, 0.4) is 0 Å². The summed E-state index contributed by atoms with van der Waals surface area (Å²) in [5, 5.41) is 0. The molecule has 9 heteroatoms. The molecule has 0 fully saturated rings. The maximum atomic E-state index is 10.6. The van der Waals surface area contributed by atoms with Crippen molar-refractivity contribution in [1.29, 1.82) is 0 Å². The molecule has 4 N–H and O–H groups in total. The van der Waals surface area contributed by atoms with Gasteiger partial charge >= 0.3 is 16.5 Å². The van der Waals surface area contributed by atoms with Crippen LogP contribution in [-0.2, 0) is 18.2 Å². The maximum absolute atomic E-state index is 10.6. The Labute approximate surface area is 102 Å². The molecule has 0 rings (SSSR count). The molecule has 0 aliphatic rings. The highest BCUT2D eigenvalue weighted by molar-refractivity contribution is 7.32. The van der Waals surface area contributed by atoms with E-state index in [2.05, 4.69) is 0 Å². The molecular weight excluding hydrogens is 268 g/mol. The molecule has 104 valence electrons. The highest BCUT2D eigenvalue weighted by Crippen LogP contribution is 2.26. The Morgan fingerprint density at radius 3 is 2.18 bits per heavy atom. The van der Waals surface area contributed by atoms with Gasteiger partial charge in [0.15, 0.2) is 0 Å². The second-order valence-electron chi connectivity index (χ2n) is 3.71. The van der Waals surface area contributed by atoms with Crippen molar-refractivity contribution in [3.8, 4) is 0 Å². The van der Waals surface area contributed by atoms with Gasteiger partial charge in [0.1, 0.15) is 0 Å². The first kappa shape index (κ1) is 17.3. The monoisotopic (exact) mass is 289 g/mol. The van der Waals surface area contributed by atoms with Crippen molar-refractivity contribution in [3.05, 3.63) is 0 Å². The van der Waals surface area contributed by atoms with E-state index in [1.165, 1.54) is 0 Å². The van der Waals surface area contributed by atoms with Gasteiger partial charge < -0.3 is 24.6 Å². The minimum absolute atomic E-state index is 0.359. The van der Waals surface area contributed by atoms with Gasteiger partial charge in [-0.25, -0.2) is 0 Å². The van der Waals surface area contributed by atoms with Crippen LogP contribution < -0.4 is 5.73 Å². The largest absolute Gasteiger partial charge is 0.330 e. The molecule has 3 unspecified atom stereocenters. The Hall–Kier alpha value is 0.260. The molecular formula is C8H21NO6P2. The molecule has 0 radical (unpaired) electrons. The van der Waals surface area contributed by atoms with Crippen LogP contribution in [0, 0.1) is 0 Å². The average molecular weight is 289 g/mol. The zero-order chi connectivity index (χ0) is 13.3. The van der Waals surface area contributed by atoms with Crippen LogP contribution in [0.25, 0.3) is 0 Å². The fraction of sp³-hybridized carbons (Fsp3) is 1.00. The molecule has 0 heterocycles. The predicted octanol–water partition coefficient (Wildman–Crippen LogP) is 1.06. The number of nitrogens with two attached hydrogens (primary N) is 1. The van der Waals surface area contributed by atoms with E-state index < -0.39 is 16.5 Å². The molecule has 0 amide bonds. The third-order valence-electron chi connectivity index (χ3n) is 2.19. The van der Waals surface area contributed by atoms with Gasteiger partial charge in [-0.2, -0.15) is 0 Å². The Morgan fingerprint density at radius 2 is 1.71 bits per heavy atom. The SMILES string of the molecule is C[C@@H](CCC(CCCN)O[PH](=O)O)O[PH](=O)O. The topological polar surface area (TPSA) is 119 Å². The molecule has 4 atom stereocenters. The van der Waals surface area contributed by atoms with E-state index >= 15 is 0 Å². The number of hydrogen-bond donors (Lipinski definition) is 3. The minimum Gasteiger partial charge on any atom is -0.330 e. The maximum Gasteiger partial charge on any atom is 0.316 e. The fourth-order valence-corrected chi connectivity index (χ4v) is 2.38. The van der Waals surface area contributed by atoms with E-state index in [9.17, 15) is 9.13 Å². The van der Waals surface area contributed by atoms with Crippen LogP contribution in [0.1, 0.15) is 32.6 Å². The van der Waals surface area contributed by atoms with Crippen LogP contribution >= 0.6 is 16.5 Å². The van der Waals surface area contributed by atoms with Gasteiger partial charge in [0, 0.05) is 0 Å². The molecule has 0 aliphatic carbocycles. The van der Waals surface area contributed by atoms with Crippen LogP contribution in [0.2, 0.25) is 0 Å². The van der Waals surface area contributed by atoms with Crippen molar-refractivity contribution in [3.63, 3.8) is 0 Å². The van der Waals surface area contributed by atoms with Crippen LogP contribution in [0.4, 0.5) is 0 Å². The van der Waals surface area contributed by atoms with Gasteiger partial charge in [-0.1, -0.05) is 0 Å². The molecule has 7 nitrogen and oxygen atoms in total. The van der Waals surface area contributed by atoms with Crippen LogP contribution in [0.5, 0.6) is 0 Å². The first-order valence-corrected chi connectivity index (χ1v) is 7.97. The molecule has 0 bridgehead atoms. The number of hydrogen-bond acceptors (Lipinski definition) is 5. The fourth-order valence-electron chi connectivity index (χ4n) is 1.40. The number of rotatable bonds is 10. The summed E-state index contributed by atoms with van der Waals surface area (Å²) in [6.07, 6.45) is 1.53. The van der Waals surface area contributed by atoms with Crippen LogP contribution in [-0.4, -0.2) is 28.5 Å². The Morgan fingerprint density at radius 1 is 1.12 bits per heavy atom. The lowest BCUT2D eigenvalue weighted by molar-refractivity contribution is 0.134. The summed E-state index contributed by atoms with van der Waals surface area (Å²) in [6.45, 7) is 2.16. The Kier molecular flexibility index (Phi) is 10.4. The van der Waals surface area contributed by atoms with Crippen molar-refractivity contribution < 1.29 is 28.0 Å². The van der Waals surface area contributed by atoms with E-state index in [-0.39, 0.29) is 12.2 Å². The second kappa shape index (κ2) is 10.2. The van der Waals surface area contributed by atoms with E-state index in [1.54, 1.807) is 6.92 Å². The predicted molar refractivity (Wildman–Crippen MR) is 65.4 cm³/mol. The standard InChI is InChI=1S/C8H21NO6P2/c1-7(14-16(10)11)4-5-8(3-2-6-9)15-17(12)13/h7-8,16-17H,2-6,9H2,1H3,(H,10,11)(H,12,13)/t7-,8?/m0/s1. The molecule has 0 aromatic rings. The van der Waals surface area contributed by atoms with Gasteiger partial charge in [0.25, 0.3) is 0 Å². The normalized spacial score (nSPS) is 18.6. The zero-order valence-corrected chi connectivity index (χ0v) is 11.8. The highest BCUT2D eigenvalue weighted by atomic mass is 31.1. The second-order valence-corrected chi connectivity index (χ2v) is 5.24. The lowest BCUT2D eigenvalue weighted by atomic mass is 10.1. The van der Waals surface area contributed by atoms with Gasteiger partial charge in [-0.15, -0.1) is 0 Å². The van der Waals surface area contributed by atoms with E-state index in [4.69, 9.17) is 24.6 Å². The Bertz CT molecular complexity index is 252. The minimum atomic E-state index is -2.97. The molecule has 0 saturated carbocycles. The summed E-state index contributed by atoms with van der Waals surface area (Å²) in [5.74, 6) is 0. The highest BCUT2D eigenvalue weighted by Gasteiger charge is 2.14. The summed E-state index contributed by atoms with van der Waals surface area (Å²) >= 11 is 0. The van der Waals surface area contributed by atoms with Crippen molar-refractivity contribution >= 4 is 16.5 Å². The molecule has 0 aliphatic heterocycles. The average Bonchev–Trinajstić information content (AvgIpc) is 2.20. The lowest BCUT2D eigenvalue weighted by Gasteiger charge is -2.17. The summed E-state index contributed by atoms with van der Waals surface area (Å²) < 4.78 is 30.6. The van der Waals surface area contributed by atoms with E-state index in [1.807, 2.05) is 0 Å². The first-order chi connectivity index (χ1) is 7.95.